The molecule has 3 rings (SSSR count). The fourth-order valence-electron chi connectivity index (χ4n) is 2.90. The molecule has 24 heavy (non-hydrogen) atoms. The van der Waals surface area contributed by atoms with Crippen molar-refractivity contribution < 1.29 is 9.47 Å². The first-order chi connectivity index (χ1) is 11.7. The molecule has 0 atom stereocenters. The normalized spacial score (nSPS) is 15.4. The summed E-state index contributed by atoms with van der Waals surface area (Å²) in [6.45, 7) is 3.21. The zero-order valence-electron chi connectivity index (χ0n) is 14.4. The molecule has 6 nitrogen and oxygen atoms in total. The molecule has 1 aromatic carbocycles. The van der Waals surface area contributed by atoms with Gasteiger partial charge in [-0.15, -0.1) is 0 Å². The third-order valence-electron chi connectivity index (χ3n) is 4.26. The van der Waals surface area contributed by atoms with Gasteiger partial charge >= 0.3 is 0 Å². The average molecular weight is 330 g/mol. The van der Waals surface area contributed by atoms with Crippen LogP contribution in [0.2, 0.25) is 0 Å². The molecule has 6 heteroatoms. The second kappa shape index (κ2) is 8.17. The van der Waals surface area contributed by atoms with Gasteiger partial charge in [-0.3, -0.25) is 4.68 Å². The van der Waals surface area contributed by atoms with Crippen molar-refractivity contribution in [3.63, 3.8) is 0 Å². The molecule has 0 amide bonds. The van der Waals surface area contributed by atoms with Crippen molar-refractivity contribution in [3.05, 3.63) is 30.6 Å². The predicted octanol–water partition coefficient (Wildman–Crippen LogP) is 2.28. The van der Waals surface area contributed by atoms with E-state index in [1.54, 1.807) is 4.68 Å². The number of benzene rings is 1. The highest BCUT2D eigenvalue weighted by molar-refractivity contribution is 5.69. The fourth-order valence-corrected chi connectivity index (χ4v) is 2.90. The molecule has 0 aliphatic carbocycles. The van der Waals surface area contributed by atoms with Crippen molar-refractivity contribution in [2.24, 2.45) is 7.05 Å². The van der Waals surface area contributed by atoms with Gasteiger partial charge in [0.15, 0.2) is 0 Å². The second-order valence-corrected chi connectivity index (χ2v) is 6.09. The van der Waals surface area contributed by atoms with Crippen molar-refractivity contribution in [2.75, 3.05) is 38.7 Å². The van der Waals surface area contributed by atoms with E-state index in [2.05, 4.69) is 27.9 Å². The standard InChI is InChI=1S/C18H26N4O2/c1-19-17-9-14(15-12-21-22(2)13-15)10-18(11-17)24-8-5-20-16-3-6-23-7-4-16/h9-13,16,19-20H,3-8H2,1-2H3. The lowest BCUT2D eigenvalue weighted by Crippen LogP contribution is -2.37. The maximum absolute atomic E-state index is 5.95. The summed E-state index contributed by atoms with van der Waals surface area (Å²) in [5, 5.41) is 11.0. The molecule has 1 saturated heterocycles. The first kappa shape index (κ1) is 16.8. The Morgan fingerprint density at radius 3 is 2.79 bits per heavy atom. The van der Waals surface area contributed by atoms with Crippen molar-refractivity contribution in [3.8, 4) is 16.9 Å². The fraction of sp³-hybridized carbons (Fsp3) is 0.500. The van der Waals surface area contributed by atoms with Crippen molar-refractivity contribution >= 4 is 5.69 Å². The van der Waals surface area contributed by atoms with Crippen LogP contribution >= 0.6 is 0 Å². The molecule has 0 unspecified atom stereocenters. The zero-order valence-corrected chi connectivity index (χ0v) is 14.4. The predicted molar refractivity (Wildman–Crippen MR) is 95.5 cm³/mol. The van der Waals surface area contributed by atoms with Gasteiger partial charge in [-0.25, -0.2) is 0 Å². The Kier molecular flexibility index (Phi) is 5.72. The molecule has 2 heterocycles. The van der Waals surface area contributed by atoms with Gasteiger partial charge in [-0.1, -0.05) is 0 Å². The van der Waals surface area contributed by atoms with Crippen LogP contribution in [-0.4, -0.2) is 49.2 Å². The van der Waals surface area contributed by atoms with Crippen LogP contribution in [0.1, 0.15) is 12.8 Å². The zero-order chi connectivity index (χ0) is 16.8. The Bertz CT molecular complexity index is 650. The van der Waals surface area contributed by atoms with Gasteiger partial charge < -0.3 is 20.1 Å². The molecule has 130 valence electrons. The summed E-state index contributed by atoms with van der Waals surface area (Å²) in [4.78, 5) is 0. The Morgan fingerprint density at radius 1 is 1.25 bits per heavy atom. The number of rotatable bonds is 7. The lowest BCUT2D eigenvalue weighted by molar-refractivity contribution is 0.0770. The van der Waals surface area contributed by atoms with Crippen molar-refractivity contribution in [1.29, 1.82) is 0 Å². The minimum atomic E-state index is 0.553. The smallest absolute Gasteiger partial charge is 0.122 e. The van der Waals surface area contributed by atoms with E-state index in [0.717, 1.165) is 55.2 Å². The van der Waals surface area contributed by atoms with E-state index in [1.807, 2.05) is 32.6 Å². The molecule has 0 spiro atoms. The summed E-state index contributed by atoms with van der Waals surface area (Å²) in [5.41, 5.74) is 3.21. The largest absolute Gasteiger partial charge is 0.492 e. The molecule has 2 aromatic rings. The van der Waals surface area contributed by atoms with Crippen LogP contribution in [0, 0.1) is 0 Å². The maximum atomic E-state index is 5.95. The molecule has 0 radical (unpaired) electrons. The summed E-state index contributed by atoms with van der Waals surface area (Å²) in [5.74, 6) is 0.870. The van der Waals surface area contributed by atoms with Gasteiger partial charge in [0.05, 0.1) is 6.20 Å². The summed E-state index contributed by atoms with van der Waals surface area (Å²) in [6, 6.07) is 6.74. The average Bonchev–Trinajstić information content (AvgIpc) is 3.06. The summed E-state index contributed by atoms with van der Waals surface area (Å²) < 4.78 is 13.1. The molecule has 1 aromatic heterocycles. The van der Waals surface area contributed by atoms with Gasteiger partial charge in [-0.05, 0) is 30.5 Å². The lowest BCUT2D eigenvalue weighted by Gasteiger charge is -2.23. The molecule has 0 bridgehead atoms. The Labute approximate surface area is 143 Å². The molecular weight excluding hydrogens is 304 g/mol. The highest BCUT2D eigenvalue weighted by Crippen LogP contribution is 2.28. The third kappa shape index (κ3) is 4.49. The number of hydrogen-bond donors (Lipinski definition) is 2. The van der Waals surface area contributed by atoms with Gasteiger partial charge in [0.25, 0.3) is 0 Å². The van der Waals surface area contributed by atoms with Crippen LogP contribution in [0.25, 0.3) is 11.1 Å². The van der Waals surface area contributed by atoms with E-state index >= 15 is 0 Å². The lowest BCUT2D eigenvalue weighted by atomic mass is 10.1. The molecule has 1 fully saturated rings. The first-order valence-electron chi connectivity index (χ1n) is 8.50. The summed E-state index contributed by atoms with van der Waals surface area (Å²) >= 11 is 0. The van der Waals surface area contributed by atoms with Gasteiger partial charge in [0.1, 0.15) is 12.4 Å². The molecule has 1 aliphatic rings. The van der Waals surface area contributed by atoms with E-state index in [9.17, 15) is 0 Å². The van der Waals surface area contributed by atoms with Crippen molar-refractivity contribution in [2.45, 2.75) is 18.9 Å². The quantitative estimate of drug-likeness (QED) is 0.763. The number of aromatic nitrogens is 2. The number of aryl methyl sites for hydroxylation is 1. The topological polar surface area (TPSA) is 60.3 Å². The molecule has 2 N–H and O–H groups in total. The van der Waals surface area contributed by atoms with E-state index in [-0.39, 0.29) is 0 Å². The van der Waals surface area contributed by atoms with E-state index < -0.39 is 0 Å². The number of nitrogens with one attached hydrogen (secondary N) is 2. The SMILES string of the molecule is CNc1cc(OCCNC2CCOCC2)cc(-c2cnn(C)c2)c1. The Morgan fingerprint density at radius 2 is 2.08 bits per heavy atom. The minimum absolute atomic E-state index is 0.553. The first-order valence-corrected chi connectivity index (χ1v) is 8.50. The Balaban J connectivity index is 1.58. The van der Waals surface area contributed by atoms with Crippen LogP contribution in [0.3, 0.4) is 0 Å². The van der Waals surface area contributed by atoms with E-state index in [0.29, 0.717) is 12.6 Å². The summed E-state index contributed by atoms with van der Waals surface area (Å²) in [6.07, 6.45) is 6.04. The maximum Gasteiger partial charge on any atom is 0.122 e. The highest BCUT2D eigenvalue weighted by Gasteiger charge is 2.12. The monoisotopic (exact) mass is 330 g/mol. The number of ether oxygens (including phenoxy) is 2. The minimum Gasteiger partial charge on any atom is -0.492 e. The van der Waals surface area contributed by atoms with Crippen LogP contribution in [-0.2, 0) is 11.8 Å². The van der Waals surface area contributed by atoms with E-state index in [1.165, 1.54) is 0 Å². The van der Waals surface area contributed by atoms with Crippen LogP contribution in [0.5, 0.6) is 5.75 Å². The van der Waals surface area contributed by atoms with Gasteiger partial charge in [0, 0.05) is 63.4 Å². The molecule has 0 saturated carbocycles. The van der Waals surface area contributed by atoms with Crippen LogP contribution < -0.4 is 15.4 Å². The van der Waals surface area contributed by atoms with Crippen LogP contribution in [0.4, 0.5) is 5.69 Å². The second-order valence-electron chi connectivity index (χ2n) is 6.09. The number of anilines is 1. The molecular formula is C18H26N4O2. The number of hydrogen-bond acceptors (Lipinski definition) is 5. The van der Waals surface area contributed by atoms with Gasteiger partial charge in [-0.2, -0.15) is 5.10 Å². The van der Waals surface area contributed by atoms with Crippen LogP contribution in [0.15, 0.2) is 30.6 Å². The third-order valence-corrected chi connectivity index (χ3v) is 4.26. The summed E-state index contributed by atoms with van der Waals surface area (Å²) in [7, 11) is 3.84. The Hall–Kier alpha value is -2.05. The van der Waals surface area contributed by atoms with Gasteiger partial charge in [0.2, 0.25) is 0 Å². The number of nitrogens with zero attached hydrogens (tertiary/aromatic N) is 2. The van der Waals surface area contributed by atoms with E-state index in [4.69, 9.17) is 9.47 Å². The molecule has 1 aliphatic heterocycles. The van der Waals surface area contributed by atoms with Crippen molar-refractivity contribution in [1.82, 2.24) is 15.1 Å². The highest BCUT2D eigenvalue weighted by atomic mass is 16.5.